The molecule has 498 valence electrons. The zero-order valence-corrected chi connectivity index (χ0v) is 57.1. The summed E-state index contributed by atoms with van der Waals surface area (Å²) in [4.78, 5) is 37.6. The molecular weight excluding hydrogens is 1040 g/mol. The molecule has 0 fully saturated rings. The maximum absolute atomic E-state index is 13.0. The van der Waals surface area contributed by atoms with E-state index >= 15 is 0 Å². The van der Waals surface area contributed by atoms with Crippen molar-refractivity contribution in [3.63, 3.8) is 0 Å². The number of carboxylic acid groups (broad SMARTS) is 1. The van der Waals surface area contributed by atoms with E-state index in [2.05, 4.69) is 26.0 Å². The van der Waals surface area contributed by atoms with Crippen LogP contribution in [0, 0.1) is 0 Å². The van der Waals surface area contributed by atoms with Crippen LogP contribution in [-0.2, 0) is 33.3 Å². The van der Waals surface area contributed by atoms with Gasteiger partial charge in [-0.2, -0.15) is 0 Å². The van der Waals surface area contributed by atoms with E-state index in [0.717, 1.165) is 38.5 Å². The number of hydrogen-bond acceptors (Lipinski definition) is 7. The molecule has 0 saturated carbocycles. The molecule has 84 heavy (non-hydrogen) atoms. The van der Waals surface area contributed by atoms with Gasteiger partial charge in [0.2, 0.25) is 0 Å². The van der Waals surface area contributed by atoms with E-state index in [1.807, 2.05) is 21.1 Å². The quantitative estimate of drug-likeness (QED) is 0.0211. The number of aliphatic carboxylic acids is 1. The summed E-state index contributed by atoms with van der Waals surface area (Å²) in [5, 5.41) is 9.75. The molecule has 0 heterocycles. The van der Waals surface area contributed by atoms with Gasteiger partial charge in [-0.1, -0.05) is 353 Å². The molecule has 9 nitrogen and oxygen atoms in total. The van der Waals surface area contributed by atoms with Gasteiger partial charge >= 0.3 is 17.9 Å². The maximum atomic E-state index is 13.0. The highest BCUT2D eigenvalue weighted by molar-refractivity contribution is 5.71. The Kier molecular flexibility index (Phi) is 65.4. The van der Waals surface area contributed by atoms with Gasteiger partial charge in [-0.3, -0.25) is 9.59 Å². The highest BCUT2D eigenvalue weighted by atomic mass is 16.7. The Labute approximate surface area is 523 Å². The third-order valence-corrected chi connectivity index (χ3v) is 17.3. The van der Waals surface area contributed by atoms with Gasteiger partial charge in [-0.05, 0) is 38.5 Å². The summed E-state index contributed by atoms with van der Waals surface area (Å²) in [5.41, 5.74) is 0. The van der Waals surface area contributed by atoms with Gasteiger partial charge in [-0.15, -0.1) is 0 Å². The van der Waals surface area contributed by atoms with Crippen LogP contribution in [0.2, 0.25) is 0 Å². The first kappa shape index (κ1) is 82.0. The fourth-order valence-electron chi connectivity index (χ4n) is 11.5. The molecule has 0 rings (SSSR count). The summed E-state index contributed by atoms with van der Waals surface area (Å²) < 4.78 is 23.0. The first-order chi connectivity index (χ1) is 41.1. The van der Waals surface area contributed by atoms with Crippen molar-refractivity contribution in [1.82, 2.24) is 0 Å². The number of esters is 2. The van der Waals surface area contributed by atoms with Crippen LogP contribution in [0.5, 0.6) is 0 Å². The number of hydrogen-bond donors (Lipinski definition) is 1. The van der Waals surface area contributed by atoms with Crippen LogP contribution in [0.1, 0.15) is 393 Å². The Bertz CT molecular complexity index is 1380. The van der Waals surface area contributed by atoms with Crippen molar-refractivity contribution in [2.24, 2.45) is 0 Å². The van der Waals surface area contributed by atoms with Crippen LogP contribution in [0.4, 0.5) is 0 Å². The molecule has 0 aromatic heterocycles. The molecule has 0 aromatic rings. The van der Waals surface area contributed by atoms with E-state index in [9.17, 15) is 19.5 Å². The van der Waals surface area contributed by atoms with Crippen LogP contribution in [0.15, 0.2) is 12.2 Å². The number of ether oxygens (including phenoxy) is 4. The van der Waals surface area contributed by atoms with Gasteiger partial charge in [0.15, 0.2) is 6.10 Å². The van der Waals surface area contributed by atoms with Crippen LogP contribution in [0.25, 0.3) is 0 Å². The second-order valence-electron chi connectivity index (χ2n) is 27.0. The highest BCUT2D eigenvalue weighted by Gasteiger charge is 2.25. The number of rotatable bonds is 71. The van der Waals surface area contributed by atoms with E-state index in [-0.39, 0.29) is 38.2 Å². The molecule has 0 aliphatic carbocycles. The lowest BCUT2D eigenvalue weighted by Gasteiger charge is -2.25. The molecule has 0 bridgehead atoms. The van der Waals surface area contributed by atoms with Gasteiger partial charge < -0.3 is 28.5 Å². The topological polar surface area (TPSA) is 108 Å². The van der Waals surface area contributed by atoms with Gasteiger partial charge in [0.25, 0.3) is 6.29 Å². The summed E-state index contributed by atoms with van der Waals surface area (Å²) in [7, 11) is 6.00. The lowest BCUT2D eigenvalue weighted by atomic mass is 10.0. The Morgan fingerprint density at radius 2 is 0.607 bits per heavy atom. The van der Waals surface area contributed by atoms with Crippen molar-refractivity contribution in [2.75, 3.05) is 47.5 Å². The summed E-state index contributed by atoms with van der Waals surface area (Å²) >= 11 is 0. The van der Waals surface area contributed by atoms with Crippen LogP contribution >= 0.6 is 0 Å². The van der Waals surface area contributed by atoms with Crippen molar-refractivity contribution in [3.05, 3.63) is 12.2 Å². The molecular formula is C75H146NO8+. The zero-order valence-electron chi connectivity index (χ0n) is 57.1. The average molecular weight is 1190 g/mol. The fourth-order valence-corrected chi connectivity index (χ4v) is 11.5. The highest BCUT2D eigenvalue weighted by Crippen LogP contribution is 2.20. The molecule has 0 amide bonds. The van der Waals surface area contributed by atoms with Gasteiger partial charge in [0, 0.05) is 12.8 Å². The third kappa shape index (κ3) is 67.5. The number of carbonyl (C=O) groups excluding carboxylic acids is 2. The van der Waals surface area contributed by atoms with Gasteiger partial charge in [-0.25, -0.2) is 4.79 Å². The minimum absolute atomic E-state index is 0.173. The lowest BCUT2D eigenvalue weighted by Crippen LogP contribution is -2.40. The molecule has 2 atom stereocenters. The molecule has 0 spiro atoms. The fraction of sp³-hybridized carbons (Fsp3) is 0.933. The van der Waals surface area contributed by atoms with E-state index in [0.29, 0.717) is 17.4 Å². The average Bonchev–Trinajstić information content (AvgIpc) is 3.55. The van der Waals surface area contributed by atoms with Crippen LogP contribution < -0.4 is 0 Å². The number of carboxylic acids is 1. The number of quaternary nitrogens is 1. The number of nitrogens with zero attached hydrogens (tertiary/aromatic N) is 1. The predicted octanol–water partition coefficient (Wildman–Crippen LogP) is 23.2. The maximum Gasteiger partial charge on any atom is 0.361 e. The molecule has 0 aliphatic heterocycles. The van der Waals surface area contributed by atoms with Crippen molar-refractivity contribution in [1.29, 1.82) is 0 Å². The minimum atomic E-state index is -1.51. The van der Waals surface area contributed by atoms with Crippen molar-refractivity contribution in [2.45, 2.75) is 405 Å². The molecule has 0 radical (unpaired) electrons. The molecule has 0 aromatic carbocycles. The predicted molar refractivity (Wildman–Crippen MR) is 360 cm³/mol. The molecule has 2 unspecified atom stereocenters. The summed E-state index contributed by atoms with van der Waals surface area (Å²) in [5.74, 6) is -1.97. The Balaban J connectivity index is 3.96. The summed E-state index contributed by atoms with van der Waals surface area (Å²) in [6.45, 7) is 4.97. The second kappa shape index (κ2) is 67.0. The van der Waals surface area contributed by atoms with E-state index in [1.165, 1.54) is 327 Å². The van der Waals surface area contributed by atoms with E-state index < -0.39 is 18.4 Å². The molecule has 1 N–H and O–H groups in total. The van der Waals surface area contributed by atoms with Crippen molar-refractivity contribution >= 4 is 17.9 Å². The van der Waals surface area contributed by atoms with Crippen LogP contribution in [0.3, 0.4) is 0 Å². The monoisotopic (exact) mass is 1190 g/mol. The number of unbranched alkanes of at least 4 members (excludes halogenated alkanes) is 54. The lowest BCUT2D eigenvalue weighted by molar-refractivity contribution is -0.870. The van der Waals surface area contributed by atoms with E-state index in [4.69, 9.17) is 18.9 Å². The third-order valence-electron chi connectivity index (χ3n) is 17.3. The minimum Gasteiger partial charge on any atom is -0.477 e. The normalized spacial score (nSPS) is 12.6. The smallest absolute Gasteiger partial charge is 0.361 e. The van der Waals surface area contributed by atoms with Crippen molar-refractivity contribution in [3.8, 4) is 0 Å². The van der Waals surface area contributed by atoms with Crippen molar-refractivity contribution < 1.29 is 42.9 Å². The first-order valence-corrected chi connectivity index (χ1v) is 37.4. The number of likely N-dealkylation sites (N-methyl/N-ethyl adjacent to an activating group) is 1. The standard InChI is InChI=1S/C75H145NO8/c1-6-8-10-12-14-16-18-20-22-24-26-28-30-31-32-33-34-35-36-37-38-39-40-41-42-43-44-46-48-50-52-54-56-58-60-62-64-66-73(78)84-71(70-83-75(74(79)80)81-68-67-76(3,4)5)69-82-72(77)65-63-61-59-57-55-53-51-49-47-45-29-27-25-23-21-19-17-15-13-11-9-7-2/h24,26,71,75H,6-23,25,27-70H2,1-5H3/p+1/b26-24-. The SMILES string of the molecule is CCCCCCCCCC/C=C\CCCCCCCCCCCCCCCCCCCCCCCCCCCC(=O)OC(COC(=O)CCCCCCCCCCCCCCCCCCCCCCCC)COC(OCC[N+](C)(C)C)C(=O)O. The van der Waals surface area contributed by atoms with Crippen LogP contribution in [-0.4, -0.2) is 87.4 Å². The largest absolute Gasteiger partial charge is 0.477 e. The molecule has 0 saturated heterocycles. The Morgan fingerprint density at radius 1 is 0.345 bits per heavy atom. The Hall–Kier alpha value is -1.97. The second-order valence-corrected chi connectivity index (χ2v) is 27.0. The van der Waals surface area contributed by atoms with Gasteiger partial charge in [0.05, 0.1) is 34.4 Å². The molecule has 9 heteroatoms. The molecule has 0 aliphatic rings. The summed E-state index contributed by atoms with van der Waals surface area (Å²) in [6.07, 6.45) is 79.3. The number of allylic oxidation sites excluding steroid dienone is 2. The summed E-state index contributed by atoms with van der Waals surface area (Å²) in [6, 6.07) is 0. The first-order valence-electron chi connectivity index (χ1n) is 37.4. The van der Waals surface area contributed by atoms with Gasteiger partial charge in [0.1, 0.15) is 13.2 Å². The zero-order chi connectivity index (χ0) is 61.2. The van der Waals surface area contributed by atoms with E-state index in [1.54, 1.807) is 0 Å². The Morgan fingerprint density at radius 3 is 0.881 bits per heavy atom. The number of carbonyl (C=O) groups is 3.